The number of benzene rings is 1. The Morgan fingerprint density at radius 1 is 1.00 bits per heavy atom. The lowest BCUT2D eigenvalue weighted by Gasteiger charge is -2.21. The molecule has 0 atom stereocenters. The Hall–Kier alpha value is -2.66. The molecule has 1 fully saturated rings. The van der Waals surface area contributed by atoms with Crippen molar-refractivity contribution in [1.82, 2.24) is 9.97 Å². The topological polar surface area (TPSA) is 64.3 Å². The molecule has 4 rings (SSSR count). The molecule has 2 N–H and O–H groups in total. The van der Waals surface area contributed by atoms with E-state index in [0.717, 1.165) is 72.7 Å². The lowest BCUT2D eigenvalue weighted by atomic mass is 10.0. The summed E-state index contributed by atoms with van der Waals surface area (Å²) < 4.78 is 5.57. The molecule has 0 spiro atoms. The van der Waals surface area contributed by atoms with Crippen LogP contribution in [0.2, 0.25) is 0 Å². The third-order valence-corrected chi connectivity index (χ3v) is 4.89. The van der Waals surface area contributed by atoms with Gasteiger partial charge in [0.1, 0.15) is 11.6 Å². The van der Waals surface area contributed by atoms with Gasteiger partial charge in [0.2, 0.25) is 0 Å². The van der Waals surface area contributed by atoms with Gasteiger partial charge in [-0.15, -0.1) is 0 Å². The Balaban J connectivity index is 1.81. The summed E-state index contributed by atoms with van der Waals surface area (Å²) in [5.74, 6) is 1.55. The number of aryl methyl sites for hydroxylation is 1. The van der Waals surface area contributed by atoms with E-state index in [1.807, 2.05) is 12.1 Å². The van der Waals surface area contributed by atoms with Crippen molar-refractivity contribution in [2.45, 2.75) is 19.8 Å². The Kier molecular flexibility index (Phi) is 4.71. The van der Waals surface area contributed by atoms with Crippen molar-refractivity contribution in [2.75, 3.05) is 36.9 Å². The number of nitrogen functional groups attached to an aromatic ring is 1. The molecule has 1 aliphatic heterocycles. The standard InChI is InChI=1S/C21H24N4O/c1-2-16-8-9-18(21(22)23-16)17-6-3-5-15-7-10-19(24-20(15)17)25-11-4-13-26-14-12-25/h3,5-10H,2,4,11-14H2,1H3,(H2,22,23). The van der Waals surface area contributed by atoms with Crippen LogP contribution < -0.4 is 10.6 Å². The van der Waals surface area contributed by atoms with Crippen LogP contribution >= 0.6 is 0 Å². The van der Waals surface area contributed by atoms with Gasteiger partial charge in [-0.05, 0) is 37.1 Å². The van der Waals surface area contributed by atoms with Crippen LogP contribution in [0.1, 0.15) is 19.0 Å². The molecule has 0 aliphatic carbocycles. The molecule has 5 heteroatoms. The second kappa shape index (κ2) is 7.30. The van der Waals surface area contributed by atoms with Crippen LogP contribution in [0.5, 0.6) is 0 Å². The van der Waals surface area contributed by atoms with Gasteiger partial charge in [0.25, 0.3) is 0 Å². The van der Waals surface area contributed by atoms with E-state index in [2.05, 4.69) is 47.1 Å². The number of fused-ring (bicyclic) bond motifs is 1. The van der Waals surface area contributed by atoms with Crippen LogP contribution in [-0.2, 0) is 11.2 Å². The van der Waals surface area contributed by atoms with Gasteiger partial charge in [-0.1, -0.05) is 25.1 Å². The SMILES string of the molecule is CCc1ccc(-c2cccc3ccc(N4CCCOCC4)nc23)c(N)n1. The number of nitrogens with two attached hydrogens (primary N) is 1. The first kappa shape index (κ1) is 16.8. The maximum atomic E-state index is 6.26. The summed E-state index contributed by atoms with van der Waals surface area (Å²) in [6.45, 7) is 5.49. The Bertz CT molecular complexity index is 917. The maximum Gasteiger partial charge on any atom is 0.131 e. The number of hydrogen-bond donors (Lipinski definition) is 1. The second-order valence-electron chi connectivity index (χ2n) is 6.59. The van der Waals surface area contributed by atoms with E-state index in [4.69, 9.17) is 15.5 Å². The zero-order valence-corrected chi connectivity index (χ0v) is 15.1. The summed E-state index contributed by atoms with van der Waals surface area (Å²) in [5.41, 5.74) is 10.2. The zero-order chi connectivity index (χ0) is 17.9. The molecular weight excluding hydrogens is 324 g/mol. The summed E-state index contributed by atoms with van der Waals surface area (Å²) in [4.78, 5) is 11.8. The van der Waals surface area contributed by atoms with Crippen molar-refractivity contribution in [1.29, 1.82) is 0 Å². The van der Waals surface area contributed by atoms with Gasteiger partial charge in [-0.25, -0.2) is 9.97 Å². The van der Waals surface area contributed by atoms with Gasteiger partial charge in [0, 0.05) is 41.9 Å². The van der Waals surface area contributed by atoms with Gasteiger partial charge in [0.05, 0.1) is 12.1 Å². The average Bonchev–Trinajstić information content (AvgIpc) is 2.96. The number of hydrogen-bond acceptors (Lipinski definition) is 5. The number of ether oxygens (including phenoxy) is 1. The third kappa shape index (κ3) is 3.22. The Labute approximate surface area is 153 Å². The van der Waals surface area contributed by atoms with E-state index in [1.165, 1.54) is 0 Å². The van der Waals surface area contributed by atoms with E-state index in [-0.39, 0.29) is 0 Å². The highest BCUT2D eigenvalue weighted by molar-refractivity contribution is 5.96. The molecular formula is C21H24N4O. The quantitative estimate of drug-likeness (QED) is 0.782. The highest BCUT2D eigenvalue weighted by Crippen LogP contribution is 2.32. The summed E-state index contributed by atoms with van der Waals surface area (Å²) in [7, 11) is 0. The molecule has 0 radical (unpaired) electrons. The Morgan fingerprint density at radius 3 is 2.77 bits per heavy atom. The number of anilines is 2. The van der Waals surface area contributed by atoms with Crippen molar-refractivity contribution in [3.8, 4) is 11.1 Å². The monoisotopic (exact) mass is 348 g/mol. The highest BCUT2D eigenvalue weighted by atomic mass is 16.5. The zero-order valence-electron chi connectivity index (χ0n) is 15.1. The van der Waals surface area contributed by atoms with E-state index >= 15 is 0 Å². The van der Waals surface area contributed by atoms with Gasteiger partial charge in [-0.3, -0.25) is 0 Å². The van der Waals surface area contributed by atoms with E-state index in [1.54, 1.807) is 0 Å². The molecule has 2 aromatic heterocycles. The van der Waals surface area contributed by atoms with Crippen LogP contribution in [-0.4, -0.2) is 36.3 Å². The van der Waals surface area contributed by atoms with Crippen molar-refractivity contribution in [3.05, 3.63) is 48.2 Å². The largest absolute Gasteiger partial charge is 0.383 e. The fourth-order valence-corrected chi connectivity index (χ4v) is 3.45. The average molecular weight is 348 g/mol. The van der Waals surface area contributed by atoms with E-state index in [9.17, 15) is 0 Å². The lowest BCUT2D eigenvalue weighted by molar-refractivity contribution is 0.152. The molecule has 1 aromatic carbocycles. The predicted octanol–water partition coefficient (Wildman–Crippen LogP) is 3.67. The number of para-hydroxylation sites is 1. The van der Waals surface area contributed by atoms with Gasteiger partial charge >= 0.3 is 0 Å². The minimum Gasteiger partial charge on any atom is -0.383 e. The summed E-state index contributed by atoms with van der Waals surface area (Å²) >= 11 is 0. The van der Waals surface area contributed by atoms with Crippen molar-refractivity contribution in [2.24, 2.45) is 0 Å². The lowest BCUT2D eigenvalue weighted by Crippen LogP contribution is -2.26. The van der Waals surface area contributed by atoms with Crippen LogP contribution in [0, 0.1) is 0 Å². The molecule has 26 heavy (non-hydrogen) atoms. The molecule has 134 valence electrons. The highest BCUT2D eigenvalue weighted by Gasteiger charge is 2.14. The molecule has 1 saturated heterocycles. The van der Waals surface area contributed by atoms with Gasteiger partial charge in [-0.2, -0.15) is 0 Å². The first-order valence-electron chi connectivity index (χ1n) is 9.24. The normalized spacial score (nSPS) is 15.2. The summed E-state index contributed by atoms with van der Waals surface area (Å²) in [6, 6.07) is 14.5. The number of rotatable bonds is 3. The molecule has 0 amide bonds. The molecule has 1 aliphatic rings. The van der Waals surface area contributed by atoms with E-state index < -0.39 is 0 Å². The van der Waals surface area contributed by atoms with Crippen LogP contribution in [0.25, 0.3) is 22.0 Å². The van der Waals surface area contributed by atoms with Crippen molar-refractivity contribution >= 4 is 22.5 Å². The summed E-state index contributed by atoms with van der Waals surface area (Å²) in [5, 5.41) is 1.11. The molecule has 3 heterocycles. The minimum atomic E-state index is 0.562. The first-order valence-corrected chi connectivity index (χ1v) is 9.24. The fourth-order valence-electron chi connectivity index (χ4n) is 3.45. The van der Waals surface area contributed by atoms with Crippen LogP contribution in [0.4, 0.5) is 11.6 Å². The number of pyridine rings is 2. The smallest absolute Gasteiger partial charge is 0.131 e. The molecule has 0 saturated carbocycles. The van der Waals surface area contributed by atoms with Crippen molar-refractivity contribution < 1.29 is 4.74 Å². The molecule has 3 aromatic rings. The minimum absolute atomic E-state index is 0.562. The summed E-state index contributed by atoms with van der Waals surface area (Å²) in [6.07, 6.45) is 1.90. The fraction of sp³-hybridized carbons (Fsp3) is 0.333. The number of nitrogens with zero attached hydrogens (tertiary/aromatic N) is 3. The van der Waals surface area contributed by atoms with Crippen molar-refractivity contribution in [3.63, 3.8) is 0 Å². The Morgan fingerprint density at radius 2 is 1.92 bits per heavy atom. The second-order valence-corrected chi connectivity index (χ2v) is 6.59. The van der Waals surface area contributed by atoms with E-state index in [0.29, 0.717) is 5.82 Å². The molecule has 0 unspecified atom stereocenters. The third-order valence-electron chi connectivity index (χ3n) is 4.89. The maximum absolute atomic E-state index is 6.26. The number of aromatic nitrogens is 2. The van der Waals surface area contributed by atoms with Crippen LogP contribution in [0.3, 0.4) is 0 Å². The molecule has 0 bridgehead atoms. The van der Waals surface area contributed by atoms with Gasteiger partial charge in [0.15, 0.2) is 0 Å². The van der Waals surface area contributed by atoms with Gasteiger partial charge < -0.3 is 15.4 Å². The predicted molar refractivity (Wildman–Crippen MR) is 106 cm³/mol. The molecule has 5 nitrogen and oxygen atoms in total. The van der Waals surface area contributed by atoms with Crippen LogP contribution in [0.15, 0.2) is 42.5 Å². The first-order chi connectivity index (χ1) is 12.8.